The second kappa shape index (κ2) is 11.4. The lowest BCUT2D eigenvalue weighted by Gasteiger charge is -2.34. The van der Waals surface area contributed by atoms with Gasteiger partial charge in [-0.2, -0.15) is 0 Å². The van der Waals surface area contributed by atoms with Gasteiger partial charge in [-0.05, 0) is 63.1 Å². The van der Waals surface area contributed by atoms with Crippen LogP contribution in [0.1, 0.15) is 39.7 Å². The SMILES string of the molecule is CC[C@H](C(=O)NC(C)(C)C)N(Cc1ccccc1Cl)C(=O)CN(c1ccc(Cl)cc1)S(C)(=O)=O. The minimum absolute atomic E-state index is 0.0484. The third kappa shape index (κ3) is 7.89. The average Bonchev–Trinajstić information content (AvgIpc) is 2.71. The van der Waals surface area contributed by atoms with Crippen molar-refractivity contribution in [1.29, 1.82) is 0 Å². The first-order chi connectivity index (χ1) is 15.7. The number of hydrogen-bond acceptors (Lipinski definition) is 4. The van der Waals surface area contributed by atoms with E-state index in [1.807, 2.05) is 20.8 Å². The van der Waals surface area contributed by atoms with Crippen molar-refractivity contribution >= 4 is 50.7 Å². The third-order valence-corrected chi connectivity index (χ3v) is 6.74. The first-order valence-electron chi connectivity index (χ1n) is 10.8. The van der Waals surface area contributed by atoms with Crippen LogP contribution in [0.5, 0.6) is 0 Å². The Morgan fingerprint density at radius 3 is 2.12 bits per heavy atom. The van der Waals surface area contributed by atoms with Crippen molar-refractivity contribution in [3.63, 3.8) is 0 Å². The predicted octanol–water partition coefficient (Wildman–Crippen LogP) is 4.48. The molecule has 2 amide bonds. The second-order valence-corrected chi connectivity index (χ2v) is 11.8. The van der Waals surface area contributed by atoms with Gasteiger partial charge >= 0.3 is 0 Å². The largest absolute Gasteiger partial charge is 0.350 e. The van der Waals surface area contributed by atoms with Gasteiger partial charge in [0, 0.05) is 22.1 Å². The number of rotatable bonds is 9. The highest BCUT2D eigenvalue weighted by molar-refractivity contribution is 7.92. The monoisotopic (exact) mass is 527 g/mol. The van der Waals surface area contributed by atoms with Gasteiger partial charge < -0.3 is 10.2 Å². The molecule has 34 heavy (non-hydrogen) atoms. The fourth-order valence-corrected chi connectivity index (χ4v) is 4.57. The first-order valence-corrected chi connectivity index (χ1v) is 13.4. The lowest BCUT2D eigenvalue weighted by Crippen LogP contribution is -2.55. The molecule has 0 aromatic heterocycles. The van der Waals surface area contributed by atoms with Crippen molar-refractivity contribution in [2.45, 2.75) is 52.2 Å². The maximum atomic E-state index is 13.6. The Labute approximate surface area is 212 Å². The van der Waals surface area contributed by atoms with Crippen molar-refractivity contribution in [1.82, 2.24) is 10.2 Å². The maximum absolute atomic E-state index is 13.6. The number of anilines is 1. The van der Waals surface area contributed by atoms with Crippen LogP contribution in [0.4, 0.5) is 5.69 Å². The number of benzene rings is 2. The lowest BCUT2D eigenvalue weighted by molar-refractivity contribution is -0.141. The Morgan fingerprint density at radius 2 is 1.62 bits per heavy atom. The summed E-state index contributed by atoms with van der Waals surface area (Å²) in [5.41, 5.74) is 0.438. The minimum Gasteiger partial charge on any atom is -0.350 e. The van der Waals surface area contributed by atoms with Crippen LogP contribution in [-0.4, -0.2) is 49.5 Å². The normalized spacial score (nSPS) is 12.7. The fourth-order valence-electron chi connectivity index (χ4n) is 3.40. The highest BCUT2D eigenvalue weighted by Crippen LogP contribution is 2.23. The summed E-state index contributed by atoms with van der Waals surface area (Å²) < 4.78 is 26.1. The third-order valence-electron chi connectivity index (χ3n) is 4.98. The van der Waals surface area contributed by atoms with E-state index in [4.69, 9.17) is 23.2 Å². The fraction of sp³-hybridized carbons (Fsp3) is 0.417. The molecule has 0 bridgehead atoms. The second-order valence-electron chi connectivity index (χ2n) is 9.02. The van der Waals surface area contributed by atoms with Crippen molar-refractivity contribution in [2.75, 3.05) is 17.1 Å². The van der Waals surface area contributed by atoms with E-state index in [1.165, 1.54) is 17.0 Å². The average molecular weight is 529 g/mol. The molecule has 0 aliphatic rings. The van der Waals surface area contributed by atoms with Crippen LogP contribution in [0.25, 0.3) is 0 Å². The summed E-state index contributed by atoms with van der Waals surface area (Å²) in [5.74, 6) is -0.857. The van der Waals surface area contributed by atoms with E-state index in [0.717, 1.165) is 10.6 Å². The van der Waals surface area contributed by atoms with E-state index in [0.29, 0.717) is 27.7 Å². The van der Waals surface area contributed by atoms with Crippen LogP contribution in [0.3, 0.4) is 0 Å². The molecule has 1 N–H and O–H groups in total. The molecule has 0 unspecified atom stereocenters. The van der Waals surface area contributed by atoms with Crippen molar-refractivity contribution in [3.8, 4) is 0 Å². The van der Waals surface area contributed by atoms with Crippen LogP contribution in [0.2, 0.25) is 10.0 Å². The minimum atomic E-state index is -3.81. The zero-order valence-corrected chi connectivity index (χ0v) is 22.3. The van der Waals surface area contributed by atoms with Gasteiger partial charge in [0.2, 0.25) is 21.8 Å². The van der Waals surface area contributed by atoms with Crippen molar-refractivity contribution in [3.05, 3.63) is 64.1 Å². The van der Waals surface area contributed by atoms with Crippen molar-refractivity contribution < 1.29 is 18.0 Å². The Balaban J connectivity index is 2.46. The summed E-state index contributed by atoms with van der Waals surface area (Å²) >= 11 is 12.3. The summed E-state index contributed by atoms with van der Waals surface area (Å²) in [4.78, 5) is 28.1. The van der Waals surface area contributed by atoms with Gasteiger partial charge in [0.15, 0.2) is 0 Å². The van der Waals surface area contributed by atoms with Gasteiger partial charge in [-0.25, -0.2) is 8.42 Å². The number of nitrogens with one attached hydrogen (secondary N) is 1. The van der Waals surface area contributed by atoms with Crippen LogP contribution in [-0.2, 0) is 26.2 Å². The van der Waals surface area contributed by atoms with Crippen LogP contribution < -0.4 is 9.62 Å². The van der Waals surface area contributed by atoms with Gasteiger partial charge in [-0.15, -0.1) is 0 Å². The molecule has 10 heteroatoms. The van der Waals surface area contributed by atoms with Crippen LogP contribution in [0.15, 0.2) is 48.5 Å². The molecule has 1 atom stereocenters. The van der Waals surface area contributed by atoms with Crippen LogP contribution >= 0.6 is 23.2 Å². The lowest BCUT2D eigenvalue weighted by atomic mass is 10.1. The van der Waals surface area contributed by atoms with E-state index >= 15 is 0 Å². The molecule has 7 nitrogen and oxygen atoms in total. The Morgan fingerprint density at radius 1 is 1.03 bits per heavy atom. The molecular weight excluding hydrogens is 497 g/mol. The number of carbonyl (C=O) groups is 2. The molecular formula is C24H31Cl2N3O4S. The van der Waals surface area contributed by atoms with Crippen LogP contribution in [0, 0.1) is 0 Å². The standard InChI is InChI=1S/C24H31Cl2N3O4S/c1-6-21(23(31)27-24(2,3)4)28(15-17-9-7-8-10-20(17)26)22(30)16-29(34(5,32)33)19-13-11-18(25)12-14-19/h7-14,21H,6,15-16H2,1-5H3,(H,27,31)/t21-/m1/s1. The zero-order valence-electron chi connectivity index (χ0n) is 20.0. The summed E-state index contributed by atoms with van der Waals surface area (Å²) in [6.45, 7) is 6.92. The topological polar surface area (TPSA) is 86.8 Å². The molecule has 0 saturated carbocycles. The highest BCUT2D eigenvalue weighted by atomic mass is 35.5. The molecule has 0 fully saturated rings. The van der Waals surface area contributed by atoms with Gasteiger partial charge in [-0.1, -0.05) is 48.3 Å². The van der Waals surface area contributed by atoms with Gasteiger partial charge in [-0.3, -0.25) is 13.9 Å². The number of sulfonamides is 1. The smallest absolute Gasteiger partial charge is 0.244 e. The quantitative estimate of drug-likeness (QED) is 0.520. The summed E-state index contributed by atoms with van der Waals surface area (Å²) in [5, 5.41) is 3.80. The zero-order chi connectivity index (χ0) is 25.7. The Kier molecular flexibility index (Phi) is 9.39. The van der Waals surface area contributed by atoms with E-state index in [2.05, 4.69) is 5.32 Å². The molecule has 0 aliphatic carbocycles. The Hall–Kier alpha value is -2.29. The maximum Gasteiger partial charge on any atom is 0.244 e. The molecule has 186 valence electrons. The van der Waals surface area contributed by atoms with Crippen molar-refractivity contribution in [2.24, 2.45) is 0 Å². The summed E-state index contributed by atoms with van der Waals surface area (Å²) in [6, 6.07) is 12.4. The molecule has 0 heterocycles. The van der Waals surface area contributed by atoms with Gasteiger partial charge in [0.25, 0.3) is 0 Å². The van der Waals surface area contributed by atoms with E-state index in [-0.39, 0.29) is 12.5 Å². The predicted molar refractivity (Wildman–Crippen MR) is 138 cm³/mol. The molecule has 2 aromatic carbocycles. The molecule has 0 aliphatic heterocycles. The number of hydrogen-bond donors (Lipinski definition) is 1. The highest BCUT2D eigenvalue weighted by Gasteiger charge is 2.33. The summed E-state index contributed by atoms with van der Waals surface area (Å²) in [7, 11) is -3.81. The molecule has 0 radical (unpaired) electrons. The van der Waals surface area contributed by atoms with E-state index < -0.39 is 34.1 Å². The number of nitrogens with zero attached hydrogens (tertiary/aromatic N) is 2. The number of amides is 2. The first kappa shape index (κ1) is 28.0. The van der Waals surface area contributed by atoms with E-state index in [1.54, 1.807) is 43.3 Å². The van der Waals surface area contributed by atoms with E-state index in [9.17, 15) is 18.0 Å². The number of carbonyl (C=O) groups excluding carboxylic acids is 2. The summed E-state index contributed by atoms with van der Waals surface area (Å²) in [6.07, 6.45) is 1.36. The molecule has 0 spiro atoms. The van der Waals surface area contributed by atoms with Gasteiger partial charge in [0.1, 0.15) is 12.6 Å². The number of halogens is 2. The molecule has 2 rings (SSSR count). The van der Waals surface area contributed by atoms with Gasteiger partial charge in [0.05, 0.1) is 11.9 Å². The molecule has 0 saturated heterocycles. The molecule has 2 aromatic rings. The Bertz CT molecular complexity index is 1120.